The molecule has 1 atom stereocenters. The Balaban J connectivity index is 2.09. The molecule has 0 saturated heterocycles. The number of rotatable bonds is 3. The van der Waals surface area contributed by atoms with Crippen LogP contribution in [0.3, 0.4) is 0 Å². The second-order valence-electron chi connectivity index (χ2n) is 4.64. The predicted molar refractivity (Wildman–Crippen MR) is 56.0 cm³/mol. The molecule has 0 aromatic carbocycles. The van der Waals surface area contributed by atoms with E-state index in [1.807, 2.05) is 6.92 Å². The Kier molecular flexibility index (Phi) is 2.00. The molecule has 72 valence electrons. The van der Waals surface area contributed by atoms with E-state index < -0.39 is 5.60 Å². The number of hydrogen-bond acceptors (Lipinski definition) is 2. The normalized spacial score (nSPS) is 23.9. The van der Waals surface area contributed by atoms with Gasteiger partial charge in [0.1, 0.15) is 0 Å². The molecular weight excluding hydrogens is 180 g/mol. The molecule has 0 amide bonds. The number of hydrogen-bond donors (Lipinski definition) is 1. The molecule has 0 bridgehead atoms. The molecule has 1 aliphatic rings. The van der Waals surface area contributed by atoms with Crippen molar-refractivity contribution in [2.75, 3.05) is 0 Å². The third-order valence-electron chi connectivity index (χ3n) is 3.43. The lowest BCUT2D eigenvalue weighted by molar-refractivity contribution is -0.00693. The summed E-state index contributed by atoms with van der Waals surface area (Å²) >= 11 is 1.70. The Morgan fingerprint density at radius 3 is 2.77 bits per heavy atom. The standard InChI is InChI=1S/C11H16OS/c1-10(4-5-10)11(2,12)7-9-3-6-13-8-9/h3,6,8,12H,4-5,7H2,1-2H3. The van der Waals surface area contributed by atoms with Gasteiger partial charge in [0.05, 0.1) is 5.60 Å². The minimum absolute atomic E-state index is 0.176. The Labute approximate surface area is 83.4 Å². The van der Waals surface area contributed by atoms with Gasteiger partial charge in [-0.05, 0) is 47.6 Å². The summed E-state index contributed by atoms with van der Waals surface area (Å²) in [7, 11) is 0. The second kappa shape index (κ2) is 2.82. The summed E-state index contributed by atoms with van der Waals surface area (Å²) in [5.74, 6) is 0. The van der Waals surface area contributed by atoms with Crippen LogP contribution in [-0.2, 0) is 6.42 Å². The van der Waals surface area contributed by atoms with Crippen LogP contribution in [0.15, 0.2) is 16.8 Å². The van der Waals surface area contributed by atoms with Crippen molar-refractivity contribution >= 4 is 11.3 Å². The third-order valence-corrected chi connectivity index (χ3v) is 4.16. The van der Waals surface area contributed by atoms with Gasteiger partial charge in [-0.15, -0.1) is 0 Å². The van der Waals surface area contributed by atoms with E-state index in [0.717, 1.165) is 6.42 Å². The third kappa shape index (κ3) is 1.65. The average Bonchev–Trinajstić information content (AvgIpc) is 2.63. The highest BCUT2D eigenvalue weighted by Gasteiger charge is 2.51. The predicted octanol–water partition coefficient (Wildman–Crippen LogP) is 2.84. The summed E-state index contributed by atoms with van der Waals surface area (Å²) in [6.07, 6.45) is 3.14. The van der Waals surface area contributed by atoms with E-state index in [1.165, 1.54) is 18.4 Å². The molecule has 2 rings (SSSR count). The maximum atomic E-state index is 10.3. The fraction of sp³-hybridized carbons (Fsp3) is 0.636. The van der Waals surface area contributed by atoms with E-state index in [9.17, 15) is 5.11 Å². The summed E-state index contributed by atoms with van der Waals surface area (Å²) < 4.78 is 0. The molecule has 1 fully saturated rings. The van der Waals surface area contributed by atoms with Crippen molar-refractivity contribution in [2.24, 2.45) is 5.41 Å². The zero-order chi connectivity index (χ0) is 9.53. The molecule has 13 heavy (non-hydrogen) atoms. The molecule has 0 aliphatic heterocycles. The van der Waals surface area contributed by atoms with Gasteiger partial charge in [0.2, 0.25) is 0 Å². The number of thiophene rings is 1. The maximum absolute atomic E-state index is 10.3. The Morgan fingerprint density at radius 2 is 2.31 bits per heavy atom. The smallest absolute Gasteiger partial charge is 0.0713 e. The largest absolute Gasteiger partial charge is 0.389 e. The molecule has 1 unspecified atom stereocenters. The van der Waals surface area contributed by atoms with Gasteiger partial charge in [-0.3, -0.25) is 0 Å². The lowest BCUT2D eigenvalue weighted by Crippen LogP contribution is -2.36. The zero-order valence-electron chi connectivity index (χ0n) is 8.21. The van der Waals surface area contributed by atoms with E-state index in [2.05, 4.69) is 23.8 Å². The second-order valence-corrected chi connectivity index (χ2v) is 5.42. The first-order chi connectivity index (χ1) is 6.04. The van der Waals surface area contributed by atoms with Gasteiger partial charge >= 0.3 is 0 Å². The van der Waals surface area contributed by atoms with E-state index in [4.69, 9.17) is 0 Å². The molecule has 1 nitrogen and oxygen atoms in total. The van der Waals surface area contributed by atoms with Crippen LogP contribution in [0.5, 0.6) is 0 Å². The van der Waals surface area contributed by atoms with Gasteiger partial charge in [0.15, 0.2) is 0 Å². The first-order valence-corrected chi connectivity index (χ1v) is 5.71. The van der Waals surface area contributed by atoms with Gasteiger partial charge < -0.3 is 5.11 Å². The van der Waals surface area contributed by atoms with Gasteiger partial charge in [-0.1, -0.05) is 6.92 Å². The van der Waals surface area contributed by atoms with Crippen LogP contribution in [0.2, 0.25) is 0 Å². The van der Waals surface area contributed by atoms with Crippen LogP contribution in [0.25, 0.3) is 0 Å². The van der Waals surface area contributed by atoms with Crippen LogP contribution >= 0.6 is 11.3 Å². The van der Waals surface area contributed by atoms with E-state index in [0.29, 0.717) is 0 Å². The highest BCUT2D eigenvalue weighted by Crippen LogP contribution is 2.54. The summed E-state index contributed by atoms with van der Waals surface area (Å²) in [4.78, 5) is 0. The van der Waals surface area contributed by atoms with Crippen LogP contribution < -0.4 is 0 Å². The fourth-order valence-corrected chi connectivity index (χ4v) is 2.40. The van der Waals surface area contributed by atoms with Crippen molar-refractivity contribution < 1.29 is 5.11 Å². The molecule has 1 aromatic heterocycles. The summed E-state index contributed by atoms with van der Waals surface area (Å²) in [5.41, 5.74) is 0.923. The summed E-state index contributed by atoms with van der Waals surface area (Å²) in [5, 5.41) is 14.5. The topological polar surface area (TPSA) is 20.2 Å². The van der Waals surface area contributed by atoms with Crippen molar-refractivity contribution in [3.63, 3.8) is 0 Å². The fourth-order valence-electron chi connectivity index (χ4n) is 1.73. The molecule has 0 radical (unpaired) electrons. The van der Waals surface area contributed by atoms with Crippen molar-refractivity contribution in [1.82, 2.24) is 0 Å². The lowest BCUT2D eigenvalue weighted by atomic mass is 9.83. The van der Waals surface area contributed by atoms with Crippen LogP contribution in [0.4, 0.5) is 0 Å². The Morgan fingerprint density at radius 1 is 1.62 bits per heavy atom. The van der Waals surface area contributed by atoms with E-state index in [1.54, 1.807) is 11.3 Å². The molecule has 2 heteroatoms. The zero-order valence-corrected chi connectivity index (χ0v) is 9.03. The van der Waals surface area contributed by atoms with Crippen molar-refractivity contribution in [3.05, 3.63) is 22.4 Å². The van der Waals surface area contributed by atoms with Crippen LogP contribution in [-0.4, -0.2) is 10.7 Å². The molecule has 1 aliphatic carbocycles. The van der Waals surface area contributed by atoms with Crippen molar-refractivity contribution in [2.45, 2.75) is 38.7 Å². The van der Waals surface area contributed by atoms with Gasteiger partial charge in [0, 0.05) is 6.42 Å². The van der Waals surface area contributed by atoms with Gasteiger partial charge in [0.25, 0.3) is 0 Å². The minimum atomic E-state index is -0.520. The first kappa shape index (κ1) is 9.22. The highest BCUT2D eigenvalue weighted by atomic mass is 32.1. The minimum Gasteiger partial charge on any atom is -0.389 e. The number of aliphatic hydroxyl groups is 1. The van der Waals surface area contributed by atoms with E-state index in [-0.39, 0.29) is 5.41 Å². The first-order valence-electron chi connectivity index (χ1n) is 4.77. The van der Waals surface area contributed by atoms with E-state index >= 15 is 0 Å². The van der Waals surface area contributed by atoms with Crippen molar-refractivity contribution in [3.8, 4) is 0 Å². The SMILES string of the molecule is CC(O)(Cc1ccsc1)C1(C)CC1. The average molecular weight is 196 g/mol. The van der Waals surface area contributed by atoms with Crippen molar-refractivity contribution in [1.29, 1.82) is 0 Å². The molecular formula is C11H16OS. The van der Waals surface area contributed by atoms with Crippen LogP contribution in [0.1, 0.15) is 32.3 Å². The Hall–Kier alpha value is -0.340. The molecule has 0 spiro atoms. The van der Waals surface area contributed by atoms with Crippen LogP contribution in [0, 0.1) is 5.41 Å². The molecule has 1 heterocycles. The van der Waals surface area contributed by atoms with Gasteiger partial charge in [-0.2, -0.15) is 11.3 Å². The molecule has 1 N–H and O–H groups in total. The molecule has 1 saturated carbocycles. The van der Waals surface area contributed by atoms with Gasteiger partial charge in [-0.25, -0.2) is 0 Å². The highest BCUT2D eigenvalue weighted by molar-refractivity contribution is 7.07. The quantitative estimate of drug-likeness (QED) is 0.788. The lowest BCUT2D eigenvalue weighted by Gasteiger charge is -2.30. The molecule has 1 aromatic rings. The summed E-state index contributed by atoms with van der Waals surface area (Å²) in [6.45, 7) is 4.15. The Bertz CT molecular complexity index is 283. The maximum Gasteiger partial charge on any atom is 0.0713 e. The summed E-state index contributed by atoms with van der Waals surface area (Å²) in [6, 6.07) is 2.10. The monoisotopic (exact) mass is 196 g/mol.